The molecule has 1 aliphatic heterocycles. The van der Waals surface area contributed by atoms with Crippen LogP contribution in [0.4, 0.5) is 11.4 Å². The van der Waals surface area contributed by atoms with Crippen LogP contribution in [0.5, 0.6) is 0 Å². The number of piperazine rings is 1. The van der Waals surface area contributed by atoms with Crippen molar-refractivity contribution in [2.24, 2.45) is 0 Å². The first-order valence-electron chi connectivity index (χ1n) is 9.26. The normalized spacial score (nSPS) is 14.1. The van der Waals surface area contributed by atoms with Crippen molar-refractivity contribution in [3.8, 4) is 0 Å². The monoisotopic (exact) mass is 385 g/mol. The van der Waals surface area contributed by atoms with Gasteiger partial charge in [-0.1, -0.05) is 24.6 Å². The molecule has 1 aliphatic rings. The molecule has 2 aromatic rings. The fourth-order valence-electron chi connectivity index (χ4n) is 3.17. The Kier molecular flexibility index (Phi) is 6.35. The second-order valence-electron chi connectivity index (χ2n) is 6.63. The first-order valence-corrected chi connectivity index (χ1v) is 9.64. The molecule has 0 aliphatic carbocycles. The molecule has 0 spiro atoms. The van der Waals surface area contributed by atoms with E-state index < -0.39 is 0 Å². The molecular formula is C21H24ClN3O2. The van der Waals surface area contributed by atoms with Crippen LogP contribution >= 0.6 is 11.6 Å². The van der Waals surface area contributed by atoms with E-state index >= 15 is 0 Å². The highest BCUT2D eigenvalue weighted by molar-refractivity contribution is 6.30. The van der Waals surface area contributed by atoms with E-state index in [1.807, 2.05) is 36.1 Å². The lowest BCUT2D eigenvalue weighted by Gasteiger charge is -2.36. The number of hydrogen-bond acceptors (Lipinski definition) is 3. The van der Waals surface area contributed by atoms with Crippen LogP contribution in [0.1, 0.15) is 30.1 Å². The molecule has 0 saturated carbocycles. The Morgan fingerprint density at radius 1 is 1.04 bits per heavy atom. The van der Waals surface area contributed by atoms with Gasteiger partial charge in [-0.25, -0.2) is 0 Å². The van der Waals surface area contributed by atoms with E-state index in [-0.39, 0.29) is 11.8 Å². The zero-order valence-electron chi connectivity index (χ0n) is 15.5. The van der Waals surface area contributed by atoms with Gasteiger partial charge in [-0.2, -0.15) is 0 Å². The Bertz CT molecular complexity index is 799. The number of carbonyl (C=O) groups excluding carboxylic acids is 2. The van der Waals surface area contributed by atoms with E-state index in [4.69, 9.17) is 11.6 Å². The van der Waals surface area contributed by atoms with Gasteiger partial charge in [-0.15, -0.1) is 0 Å². The largest absolute Gasteiger partial charge is 0.368 e. The lowest BCUT2D eigenvalue weighted by atomic mass is 10.1. The minimum absolute atomic E-state index is 0.00582. The van der Waals surface area contributed by atoms with Gasteiger partial charge in [-0.3, -0.25) is 9.59 Å². The van der Waals surface area contributed by atoms with Gasteiger partial charge >= 0.3 is 0 Å². The molecular weight excluding hydrogens is 362 g/mol. The van der Waals surface area contributed by atoms with Crippen LogP contribution in [0.25, 0.3) is 0 Å². The molecule has 1 heterocycles. The summed E-state index contributed by atoms with van der Waals surface area (Å²) >= 11 is 6.07. The standard InChI is InChI=1S/C21H24ClN3O2/c1-2-4-20(26)23-18-9-7-16(8-10-18)21(27)25-13-11-24(12-14-25)19-6-3-5-17(22)15-19/h3,5-10,15H,2,4,11-14H2,1H3,(H,23,26). The number of amides is 2. The van der Waals surface area contributed by atoms with Crippen molar-refractivity contribution in [2.75, 3.05) is 36.4 Å². The highest BCUT2D eigenvalue weighted by Crippen LogP contribution is 2.21. The number of rotatable bonds is 5. The number of anilines is 2. The van der Waals surface area contributed by atoms with Crippen molar-refractivity contribution in [1.29, 1.82) is 0 Å². The lowest BCUT2D eigenvalue weighted by Crippen LogP contribution is -2.48. The third-order valence-corrected chi connectivity index (χ3v) is 4.87. The maximum atomic E-state index is 12.7. The topological polar surface area (TPSA) is 52.7 Å². The van der Waals surface area contributed by atoms with Gasteiger partial charge in [0.2, 0.25) is 5.91 Å². The number of nitrogens with one attached hydrogen (secondary N) is 1. The third kappa shape index (κ3) is 5.01. The van der Waals surface area contributed by atoms with E-state index in [0.29, 0.717) is 25.1 Å². The first-order chi connectivity index (χ1) is 13.1. The minimum atomic E-state index is -0.00582. The van der Waals surface area contributed by atoms with Crippen molar-refractivity contribution in [2.45, 2.75) is 19.8 Å². The number of halogens is 1. The summed E-state index contributed by atoms with van der Waals surface area (Å²) in [6, 6.07) is 14.9. The van der Waals surface area contributed by atoms with Gasteiger partial charge in [0, 0.05) is 54.6 Å². The molecule has 0 aromatic heterocycles. The summed E-state index contributed by atoms with van der Waals surface area (Å²) in [5.74, 6) is 0.0147. The third-order valence-electron chi connectivity index (χ3n) is 4.63. The number of hydrogen-bond donors (Lipinski definition) is 1. The SMILES string of the molecule is CCCC(=O)Nc1ccc(C(=O)N2CCN(c3cccc(Cl)c3)CC2)cc1. The van der Waals surface area contributed by atoms with Crippen molar-refractivity contribution in [3.05, 3.63) is 59.1 Å². The van der Waals surface area contributed by atoms with Crippen molar-refractivity contribution in [3.63, 3.8) is 0 Å². The van der Waals surface area contributed by atoms with E-state index in [0.717, 1.165) is 35.9 Å². The van der Waals surface area contributed by atoms with Gasteiger partial charge in [0.15, 0.2) is 0 Å². The summed E-state index contributed by atoms with van der Waals surface area (Å²) in [5.41, 5.74) is 2.44. The average Bonchev–Trinajstić information content (AvgIpc) is 2.68. The van der Waals surface area contributed by atoms with Crippen LogP contribution < -0.4 is 10.2 Å². The quantitative estimate of drug-likeness (QED) is 0.845. The van der Waals surface area contributed by atoms with E-state index in [1.165, 1.54) is 0 Å². The number of carbonyl (C=O) groups is 2. The second kappa shape index (κ2) is 8.91. The van der Waals surface area contributed by atoms with Crippen molar-refractivity contribution in [1.82, 2.24) is 4.90 Å². The molecule has 2 amide bonds. The maximum Gasteiger partial charge on any atom is 0.253 e. The maximum absolute atomic E-state index is 12.7. The van der Waals surface area contributed by atoms with Gasteiger partial charge in [0.25, 0.3) is 5.91 Å². The fourth-order valence-corrected chi connectivity index (χ4v) is 3.35. The summed E-state index contributed by atoms with van der Waals surface area (Å²) < 4.78 is 0. The molecule has 3 rings (SSSR count). The predicted octanol–water partition coefficient (Wildman–Crippen LogP) is 4.04. The van der Waals surface area contributed by atoms with Gasteiger partial charge in [0.1, 0.15) is 0 Å². The number of benzene rings is 2. The Morgan fingerprint density at radius 2 is 1.74 bits per heavy atom. The zero-order valence-corrected chi connectivity index (χ0v) is 16.2. The van der Waals surface area contributed by atoms with Crippen LogP contribution in [-0.2, 0) is 4.79 Å². The van der Waals surface area contributed by atoms with E-state index in [1.54, 1.807) is 24.3 Å². The Labute approximate surface area is 164 Å². The molecule has 0 unspecified atom stereocenters. The smallest absolute Gasteiger partial charge is 0.253 e. The van der Waals surface area contributed by atoms with Crippen LogP contribution in [0.3, 0.4) is 0 Å². The summed E-state index contributed by atoms with van der Waals surface area (Å²) in [7, 11) is 0. The predicted molar refractivity (Wildman–Crippen MR) is 110 cm³/mol. The van der Waals surface area contributed by atoms with Crippen LogP contribution in [0, 0.1) is 0 Å². The first kappa shape index (κ1) is 19.2. The molecule has 0 radical (unpaired) electrons. The molecule has 6 heteroatoms. The molecule has 1 N–H and O–H groups in total. The summed E-state index contributed by atoms with van der Waals surface area (Å²) in [6.07, 6.45) is 1.31. The minimum Gasteiger partial charge on any atom is -0.368 e. The van der Waals surface area contributed by atoms with Crippen molar-refractivity contribution >= 4 is 34.8 Å². The molecule has 0 bridgehead atoms. The Hall–Kier alpha value is -2.53. The van der Waals surface area contributed by atoms with Crippen LogP contribution in [0.15, 0.2) is 48.5 Å². The molecule has 2 aromatic carbocycles. The molecule has 142 valence electrons. The summed E-state index contributed by atoms with van der Waals surface area (Å²) in [5, 5.41) is 3.56. The van der Waals surface area contributed by atoms with Gasteiger partial charge < -0.3 is 15.1 Å². The molecule has 27 heavy (non-hydrogen) atoms. The van der Waals surface area contributed by atoms with E-state index in [2.05, 4.69) is 10.2 Å². The van der Waals surface area contributed by atoms with Crippen LogP contribution in [0.2, 0.25) is 5.02 Å². The zero-order chi connectivity index (χ0) is 19.2. The molecule has 1 fully saturated rings. The Morgan fingerprint density at radius 3 is 2.37 bits per heavy atom. The van der Waals surface area contributed by atoms with Gasteiger partial charge in [0.05, 0.1) is 0 Å². The molecule has 1 saturated heterocycles. The Balaban J connectivity index is 1.56. The summed E-state index contributed by atoms with van der Waals surface area (Å²) in [6.45, 7) is 4.85. The number of nitrogens with zero attached hydrogens (tertiary/aromatic N) is 2. The van der Waals surface area contributed by atoms with Crippen molar-refractivity contribution < 1.29 is 9.59 Å². The average molecular weight is 386 g/mol. The van der Waals surface area contributed by atoms with Gasteiger partial charge in [-0.05, 0) is 48.9 Å². The van der Waals surface area contributed by atoms with Crippen LogP contribution in [-0.4, -0.2) is 42.9 Å². The molecule has 5 nitrogen and oxygen atoms in total. The highest BCUT2D eigenvalue weighted by Gasteiger charge is 2.22. The van der Waals surface area contributed by atoms with E-state index in [9.17, 15) is 9.59 Å². The highest BCUT2D eigenvalue weighted by atomic mass is 35.5. The lowest BCUT2D eigenvalue weighted by molar-refractivity contribution is -0.116. The summed E-state index contributed by atoms with van der Waals surface area (Å²) in [4.78, 5) is 28.5. The second-order valence-corrected chi connectivity index (χ2v) is 7.07. The fraction of sp³-hybridized carbons (Fsp3) is 0.333. The molecule has 0 atom stereocenters.